The molecule has 0 aliphatic heterocycles. The van der Waals surface area contributed by atoms with Crippen molar-refractivity contribution in [1.29, 1.82) is 0 Å². The van der Waals surface area contributed by atoms with E-state index in [4.69, 9.17) is 13.0 Å². The molecule has 3 aromatic rings. The summed E-state index contributed by atoms with van der Waals surface area (Å²) in [5.41, 5.74) is -4.07. The van der Waals surface area contributed by atoms with Crippen molar-refractivity contribution in [2.75, 3.05) is 0 Å². The van der Waals surface area contributed by atoms with Gasteiger partial charge in [-0.3, -0.25) is 0 Å². The summed E-state index contributed by atoms with van der Waals surface area (Å²) in [6.45, 7) is 6.78. The molecule has 8 heteroatoms. The van der Waals surface area contributed by atoms with E-state index >= 15 is 0 Å². The number of benzene rings is 3. The summed E-state index contributed by atoms with van der Waals surface area (Å²) in [4.78, 5) is 4.10. The summed E-state index contributed by atoms with van der Waals surface area (Å²) in [5, 5.41) is 0. The monoisotopic (exact) mass is 468 g/mol. The molecule has 0 amide bonds. The Balaban J connectivity index is 0.000000366. The quantitative estimate of drug-likeness (QED) is 0.264. The lowest BCUT2D eigenvalue weighted by atomic mass is 9.87. The molecule has 3 aromatic carbocycles. The van der Waals surface area contributed by atoms with Gasteiger partial charge in [-0.2, -0.15) is 13.2 Å². The van der Waals surface area contributed by atoms with Crippen molar-refractivity contribution in [1.82, 2.24) is 0 Å². The van der Waals surface area contributed by atoms with Crippen molar-refractivity contribution in [3.05, 3.63) is 90.5 Å². The van der Waals surface area contributed by atoms with Gasteiger partial charge in [0, 0.05) is 0 Å². The van der Waals surface area contributed by atoms with Crippen molar-refractivity contribution in [2.45, 2.75) is 46.4 Å². The van der Waals surface area contributed by atoms with Crippen LogP contribution in [0, 0.1) is 0 Å². The Morgan fingerprint density at radius 1 is 0.677 bits per heavy atom. The Hall–Kier alpha value is -2.29. The molecule has 0 spiro atoms. The Labute approximate surface area is 184 Å². The van der Waals surface area contributed by atoms with Crippen LogP contribution in [0.5, 0.6) is 0 Å². The molecule has 0 aromatic heterocycles. The maximum Gasteiger partial charge on any atom is 0.485 e. The van der Waals surface area contributed by atoms with Crippen molar-refractivity contribution in [3.63, 3.8) is 0 Å². The molecule has 0 bridgehead atoms. The van der Waals surface area contributed by atoms with E-state index in [1.54, 1.807) is 0 Å². The number of hydrogen-bond acceptors (Lipinski definition) is 3. The van der Waals surface area contributed by atoms with Crippen LogP contribution in [-0.4, -0.2) is 18.5 Å². The van der Waals surface area contributed by atoms with E-state index in [-0.39, 0.29) is 16.3 Å². The number of hydrogen-bond donors (Lipinski definition) is 0. The second kappa shape index (κ2) is 9.89. The number of rotatable bonds is 3. The fraction of sp³-hybridized carbons (Fsp3) is 0.217. The molecule has 0 aliphatic rings. The van der Waals surface area contributed by atoms with E-state index in [0.717, 1.165) is 0 Å². The second-order valence-electron chi connectivity index (χ2n) is 7.61. The van der Waals surface area contributed by atoms with E-state index in [1.807, 2.05) is 0 Å². The van der Waals surface area contributed by atoms with Crippen molar-refractivity contribution < 1.29 is 26.1 Å². The molecular weight excluding hydrogens is 445 g/mol. The van der Waals surface area contributed by atoms with Crippen LogP contribution in [0.4, 0.5) is 13.2 Å². The minimum Gasteiger partial charge on any atom is -0.741 e. The Morgan fingerprint density at radius 3 is 1.29 bits per heavy atom. The lowest BCUT2D eigenvalue weighted by Gasteiger charge is -2.19. The largest absolute Gasteiger partial charge is 0.741 e. The minimum atomic E-state index is -6.09. The second-order valence-corrected chi connectivity index (χ2v) is 11.0. The van der Waals surface area contributed by atoms with Gasteiger partial charge >= 0.3 is 5.51 Å². The van der Waals surface area contributed by atoms with Crippen LogP contribution in [0.1, 0.15) is 26.3 Å². The smallest absolute Gasteiger partial charge is 0.485 e. The standard InChI is InChI=1S/C22H23S.CHF3O3S/c1-22(2,3)18-14-16-21(17-15-18)23(19-10-6-4-7-11-19)20-12-8-5-9-13-20;2-1(3,4)8(5,6)7/h4-17H,1-3H3;(H,5,6,7)/q+1;/p-1. The fourth-order valence-corrected chi connectivity index (χ4v) is 4.70. The first-order valence-electron chi connectivity index (χ1n) is 9.28. The van der Waals surface area contributed by atoms with Crippen molar-refractivity contribution in [2.24, 2.45) is 0 Å². The predicted molar refractivity (Wildman–Crippen MR) is 116 cm³/mol. The van der Waals surface area contributed by atoms with E-state index in [1.165, 1.54) is 20.2 Å². The molecule has 0 aliphatic carbocycles. The molecule has 0 atom stereocenters. The van der Waals surface area contributed by atoms with Crippen LogP contribution in [0.2, 0.25) is 0 Å². The molecule has 0 unspecified atom stereocenters. The zero-order valence-corrected chi connectivity index (χ0v) is 18.9. The Bertz CT molecular complexity index is 1020. The maximum atomic E-state index is 10.7. The maximum absolute atomic E-state index is 10.7. The number of halogens is 3. The average molecular weight is 469 g/mol. The van der Waals surface area contributed by atoms with Crippen molar-refractivity contribution >= 4 is 21.0 Å². The van der Waals surface area contributed by atoms with Gasteiger partial charge < -0.3 is 4.55 Å². The van der Waals surface area contributed by atoms with Gasteiger partial charge in [0.1, 0.15) is 0 Å². The van der Waals surface area contributed by atoms with Crippen molar-refractivity contribution in [3.8, 4) is 0 Å². The van der Waals surface area contributed by atoms with Crippen LogP contribution < -0.4 is 0 Å². The molecule has 0 radical (unpaired) electrons. The van der Waals surface area contributed by atoms with Crippen LogP contribution in [0.15, 0.2) is 99.6 Å². The van der Waals surface area contributed by atoms with Crippen LogP contribution in [-0.2, 0) is 26.4 Å². The zero-order valence-electron chi connectivity index (χ0n) is 17.3. The van der Waals surface area contributed by atoms with Crippen LogP contribution in [0.3, 0.4) is 0 Å². The molecule has 0 N–H and O–H groups in total. The SMILES string of the molecule is CC(C)(C)c1ccc([S+](c2ccccc2)c2ccccc2)cc1.O=S(=O)([O-])C(F)(F)F. The molecule has 0 heterocycles. The third-order valence-electron chi connectivity index (χ3n) is 4.20. The topological polar surface area (TPSA) is 57.2 Å². The first kappa shape index (κ1) is 25.0. The normalized spacial score (nSPS) is 12.3. The van der Waals surface area contributed by atoms with Gasteiger partial charge in [0.2, 0.25) is 0 Å². The summed E-state index contributed by atoms with van der Waals surface area (Å²) in [6.07, 6.45) is 0. The third-order valence-corrected chi connectivity index (χ3v) is 6.99. The van der Waals surface area contributed by atoms with Gasteiger partial charge in [-0.15, -0.1) is 0 Å². The lowest BCUT2D eigenvalue weighted by molar-refractivity contribution is -0.0517. The highest BCUT2D eigenvalue weighted by atomic mass is 32.2. The highest BCUT2D eigenvalue weighted by molar-refractivity contribution is 7.97. The zero-order chi connectivity index (χ0) is 23.3. The first-order chi connectivity index (χ1) is 14.3. The minimum absolute atomic E-state index is 0.0497. The third kappa shape index (κ3) is 7.12. The highest BCUT2D eigenvalue weighted by Gasteiger charge is 2.37. The molecule has 166 valence electrons. The summed E-state index contributed by atoms with van der Waals surface area (Å²) in [6, 6.07) is 30.7. The average Bonchev–Trinajstić information content (AvgIpc) is 2.69. The highest BCUT2D eigenvalue weighted by Crippen LogP contribution is 2.32. The van der Waals surface area contributed by atoms with Gasteiger partial charge in [0.15, 0.2) is 24.8 Å². The summed E-state index contributed by atoms with van der Waals surface area (Å²) < 4.78 is 58.9. The van der Waals surface area contributed by atoms with E-state index < -0.39 is 15.6 Å². The van der Waals surface area contributed by atoms with Gasteiger partial charge in [0.25, 0.3) is 0 Å². The van der Waals surface area contributed by atoms with Gasteiger partial charge in [-0.25, -0.2) is 8.42 Å². The van der Waals surface area contributed by atoms with Crippen LogP contribution >= 0.6 is 0 Å². The molecule has 0 fully saturated rings. The summed E-state index contributed by atoms with van der Waals surface area (Å²) >= 11 is 0. The molecule has 31 heavy (non-hydrogen) atoms. The number of alkyl halides is 3. The van der Waals surface area contributed by atoms with Gasteiger partial charge in [-0.05, 0) is 47.4 Å². The van der Waals surface area contributed by atoms with E-state index in [2.05, 4.69) is 106 Å². The van der Waals surface area contributed by atoms with E-state index in [9.17, 15) is 13.2 Å². The Morgan fingerprint density at radius 2 is 1.00 bits per heavy atom. The van der Waals surface area contributed by atoms with E-state index in [0.29, 0.717) is 0 Å². The molecular formula is C23H23F3O3S2. The summed E-state index contributed by atoms with van der Waals surface area (Å²) in [7, 11) is -6.14. The predicted octanol–water partition coefficient (Wildman–Crippen LogP) is 6.13. The van der Waals surface area contributed by atoms with Gasteiger partial charge in [-0.1, -0.05) is 69.3 Å². The lowest BCUT2D eigenvalue weighted by Crippen LogP contribution is -2.21. The molecule has 3 nitrogen and oxygen atoms in total. The van der Waals surface area contributed by atoms with Crippen LogP contribution in [0.25, 0.3) is 0 Å². The molecule has 0 saturated heterocycles. The fourth-order valence-electron chi connectivity index (χ4n) is 2.61. The first-order valence-corrected chi connectivity index (χ1v) is 11.9. The Kier molecular flexibility index (Phi) is 7.97. The molecule has 3 rings (SSSR count). The van der Waals surface area contributed by atoms with Gasteiger partial charge in [0.05, 0.1) is 10.9 Å². The molecule has 0 saturated carbocycles. The summed E-state index contributed by atoms with van der Waals surface area (Å²) in [5.74, 6) is 0.